The quantitative estimate of drug-likeness (QED) is 0.558. The second-order valence-electron chi connectivity index (χ2n) is 4.97. The van der Waals surface area contributed by atoms with Gasteiger partial charge < -0.3 is 20.4 Å². The highest BCUT2D eigenvalue weighted by molar-refractivity contribution is 5.73. The molecule has 0 bridgehead atoms. The van der Waals surface area contributed by atoms with Crippen LogP contribution in [0.1, 0.15) is 11.1 Å². The van der Waals surface area contributed by atoms with Gasteiger partial charge in [-0.05, 0) is 6.07 Å². The van der Waals surface area contributed by atoms with Crippen molar-refractivity contribution in [3.8, 4) is 34.1 Å². The predicted molar refractivity (Wildman–Crippen MR) is 83.7 cm³/mol. The molecule has 0 aromatic carbocycles. The molecule has 3 heterocycles. The van der Waals surface area contributed by atoms with Gasteiger partial charge in [0.1, 0.15) is 11.5 Å². The third-order valence-corrected chi connectivity index (χ3v) is 3.48. The van der Waals surface area contributed by atoms with E-state index in [4.69, 9.17) is 0 Å². The maximum Gasteiger partial charge on any atom is 0.163 e. The second-order valence-corrected chi connectivity index (χ2v) is 4.97. The molecule has 0 atom stereocenters. The maximum atomic E-state index is 10.1. The number of hydrogen-bond donors (Lipinski definition) is 4. The van der Waals surface area contributed by atoms with Crippen molar-refractivity contribution in [1.82, 2.24) is 19.9 Å². The van der Waals surface area contributed by atoms with Crippen molar-refractivity contribution in [3.05, 3.63) is 48.2 Å². The van der Waals surface area contributed by atoms with Crippen LogP contribution in [0.2, 0.25) is 0 Å². The summed E-state index contributed by atoms with van der Waals surface area (Å²) in [5.74, 6) is -0.135. The summed E-state index contributed by atoms with van der Waals surface area (Å²) in [5.41, 5.74) is 1.71. The van der Waals surface area contributed by atoms with E-state index in [-0.39, 0.29) is 36.1 Å². The fraction of sp³-hybridized carbons (Fsp3) is 0.125. The first-order valence-electron chi connectivity index (χ1n) is 7.03. The lowest BCUT2D eigenvalue weighted by Crippen LogP contribution is -1.99. The zero-order chi connectivity index (χ0) is 17.1. The Hall–Kier alpha value is -3.10. The van der Waals surface area contributed by atoms with Gasteiger partial charge in [-0.1, -0.05) is 0 Å². The largest absolute Gasteiger partial charge is 0.506 e. The molecular formula is C16H14N4O4. The van der Waals surface area contributed by atoms with E-state index in [0.717, 1.165) is 0 Å². The Bertz CT molecular complexity index is 817. The molecule has 3 aromatic heterocycles. The third-order valence-electron chi connectivity index (χ3n) is 3.48. The molecule has 3 aromatic rings. The first-order valence-corrected chi connectivity index (χ1v) is 7.03. The van der Waals surface area contributed by atoms with E-state index in [9.17, 15) is 20.4 Å². The lowest BCUT2D eigenvalue weighted by Gasteiger charge is -2.11. The Balaban J connectivity index is 2.19. The summed E-state index contributed by atoms with van der Waals surface area (Å²) in [5, 5.41) is 39.0. The van der Waals surface area contributed by atoms with Gasteiger partial charge in [-0.15, -0.1) is 0 Å². The highest BCUT2D eigenvalue weighted by Crippen LogP contribution is 2.34. The van der Waals surface area contributed by atoms with Crippen LogP contribution in [-0.2, 0) is 13.2 Å². The number of nitrogens with zero attached hydrogens (tertiary/aromatic N) is 4. The highest BCUT2D eigenvalue weighted by Gasteiger charge is 2.17. The van der Waals surface area contributed by atoms with Crippen LogP contribution in [0, 0.1) is 0 Å². The first-order chi connectivity index (χ1) is 11.7. The van der Waals surface area contributed by atoms with Gasteiger partial charge in [-0.2, -0.15) is 0 Å². The molecule has 0 saturated carbocycles. The number of aromatic nitrogens is 4. The third kappa shape index (κ3) is 2.75. The lowest BCUT2D eigenvalue weighted by atomic mass is 10.1. The summed E-state index contributed by atoms with van der Waals surface area (Å²) in [7, 11) is 0. The molecule has 4 N–H and O–H groups in total. The maximum absolute atomic E-state index is 10.1. The summed E-state index contributed by atoms with van der Waals surface area (Å²) in [6, 6.07) is 1.56. The Morgan fingerprint density at radius 1 is 0.792 bits per heavy atom. The molecule has 0 amide bonds. The van der Waals surface area contributed by atoms with Crippen molar-refractivity contribution in [2.45, 2.75) is 13.2 Å². The Kier molecular flexibility index (Phi) is 4.32. The molecule has 24 heavy (non-hydrogen) atoms. The Morgan fingerprint density at radius 2 is 1.38 bits per heavy atom. The summed E-state index contributed by atoms with van der Waals surface area (Å²) in [6.45, 7) is -0.662. The topological polar surface area (TPSA) is 132 Å². The minimum absolute atomic E-state index is 0.132. The summed E-state index contributed by atoms with van der Waals surface area (Å²) < 4.78 is 0. The van der Waals surface area contributed by atoms with Gasteiger partial charge >= 0.3 is 0 Å². The van der Waals surface area contributed by atoms with E-state index in [1.165, 1.54) is 31.0 Å². The van der Waals surface area contributed by atoms with Gasteiger partial charge in [0, 0.05) is 29.7 Å². The molecule has 0 spiro atoms. The summed E-state index contributed by atoms with van der Waals surface area (Å²) >= 11 is 0. The van der Waals surface area contributed by atoms with Crippen LogP contribution in [0.4, 0.5) is 0 Å². The molecule has 0 aliphatic carbocycles. The van der Waals surface area contributed by atoms with Gasteiger partial charge in [0.05, 0.1) is 42.4 Å². The number of aromatic hydroxyl groups is 2. The van der Waals surface area contributed by atoms with Gasteiger partial charge in [-0.3, -0.25) is 9.97 Å². The van der Waals surface area contributed by atoms with Gasteiger partial charge in [0.2, 0.25) is 0 Å². The molecule has 8 nitrogen and oxygen atoms in total. The number of aliphatic hydroxyl groups is 2. The Labute approximate surface area is 136 Å². The zero-order valence-corrected chi connectivity index (χ0v) is 12.5. The van der Waals surface area contributed by atoms with Crippen LogP contribution in [0.15, 0.2) is 37.1 Å². The second kappa shape index (κ2) is 6.57. The normalized spacial score (nSPS) is 10.8. The van der Waals surface area contributed by atoms with Crippen molar-refractivity contribution in [2.75, 3.05) is 0 Å². The SMILES string of the molecule is OCc1cncc(O)c1-c1ccnc(-c2c(O)cncc2CO)n1. The summed E-state index contributed by atoms with van der Waals surface area (Å²) in [4.78, 5) is 16.1. The molecule has 0 unspecified atom stereocenters. The fourth-order valence-corrected chi connectivity index (χ4v) is 2.39. The number of pyridine rings is 2. The van der Waals surface area contributed by atoms with E-state index in [1.54, 1.807) is 6.07 Å². The number of hydrogen-bond acceptors (Lipinski definition) is 8. The molecule has 0 aliphatic rings. The van der Waals surface area contributed by atoms with E-state index in [1.807, 2.05) is 0 Å². The van der Waals surface area contributed by atoms with Crippen LogP contribution in [-0.4, -0.2) is 40.4 Å². The molecular weight excluding hydrogens is 312 g/mol. The molecule has 3 rings (SSSR count). The van der Waals surface area contributed by atoms with E-state index < -0.39 is 0 Å². The molecule has 8 heteroatoms. The average molecular weight is 326 g/mol. The van der Waals surface area contributed by atoms with Crippen molar-refractivity contribution < 1.29 is 20.4 Å². The minimum Gasteiger partial charge on any atom is -0.506 e. The lowest BCUT2D eigenvalue weighted by molar-refractivity contribution is 0.281. The highest BCUT2D eigenvalue weighted by atomic mass is 16.3. The van der Waals surface area contributed by atoms with Gasteiger partial charge in [-0.25, -0.2) is 9.97 Å². The van der Waals surface area contributed by atoms with E-state index in [0.29, 0.717) is 22.4 Å². The van der Waals surface area contributed by atoms with Crippen molar-refractivity contribution in [2.24, 2.45) is 0 Å². The number of aliphatic hydroxyl groups excluding tert-OH is 2. The monoisotopic (exact) mass is 326 g/mol. The standard InChI is InChI=1S/C16H14N4O4/c21-7-9-3-17-5-12(23)14(9)11-1-2-19-16(20-11)15-10(8-22)4-18-6-13(15)24/h1-6,21-24H,7-8H2. The molecule has 0 radical (unpaired) electrons. The van der Waals surface area contributed by atoms with Crippen molar-refractivity contribution in [3.63, 3.8) is 0 Å². The average Bonchev–Trinajstić information content (AvgIpc) is 2.61. The van der Waals surface area contributed by atoms with Crippen LogP contribution in [0.3, 0.4) is 0 Å². The van der Waals surface area contributed by atoms with Crippen LogP contribution >= 0.6 is 0 Å². The van der Waals surface area contributed by atoms with E-state index in [2.05, 4.69) is 19.9 Å². The van der Waals surface area contributed by atoms with Crippen LogP contribution in [0.25, 0.3) is 22.6 Å². The smallest absolute Gasteiger partial charge is 0.163 e. The van der Waals surface area contributed by atoms with Crippen LogP contribution < -0.4 is 0 Å². The van der Waals surface area contributed by atoms with Gasteiger partial charge in [0.25, 0.3) is 0 Å². The number of rotatable bonds is 4. The first kappa shape index (κ1) is 15.8. The molecule has 0 aliphatic heterocycles. The van der Waals surface area contributed by atoms with Crippen LogP contribution in [0.5, 0.6) is 11.5 Å². The summed E-state index contributed by atoms with van der Waals surface area (Å²) in [6.07, 6.45) is 6.78. The van der Waals surface area contributed by atoms with Crippen molar-refractivity contribution in [1.29, 1.82) is 0 Å². The fourth-order valence-electron chi connectivity index (χ4n) is 2.39. The molecule has 0 fully saturated rings. The minimum atomic E-state index is -0.341. The van der Waals surface area contributed by atoms with Crippen molar-refractivity contribution >= 4 is 0 Å². The Morgan fingerprint density at radius 3 is 2.00 bits per heavy atom. The van der Waals surface area contributed by atoms with E-state index >= 15 is 0 Å². The predicted octanol–water partition coefficient (Wildman–Crippen LogP) is 0.996. The van der Waals surface area contributed by atoms with Gasteiger partial charge in [0.15, 0.2) is 5.82 Å². The molecule has 0 saturated heterocycles. The molecule has 122 valence electrons. The zero-order valence-electron chi connectivity index (χ0n) is 12.5.